The fraction of sp³-hybridized carbons (Fsp3) is 0.429. The van der Waals surface area contributed by atoms with Crippen molar-refractivity contribution in [3.8, 4) is 5.75 Å². The molecule has 0 spiro atoms. The minimum atomic E-state index is -4.76. The quantitative estimate of drug-likeness (QED) is 0.847. The SMILES string of the molecule is CN(Cc1ccc(OC(F)(F)F)cc1)C(=O)C1(C(=O)O)CC1. The van der Waals surface area contributed by atoms with Crippen molar-refractivity contribution >= 4 is 11.9 Å². The summed E-state index contributed by atoms with van der Waals surface area (Å²) in [5.41, 5.74) is -0.750. The van der Waals surface area contributed by atoms with E-state index in [9.17, 15) is 22.8 Å². The summed E-state index contributed by atoms with van der Waals surface area (Å²) in [6, 6.07) is 5.08. The smallest absolute Gasteiger partial charge is 0.480 e. The van der Waals surface area contributed by atoms with Gasteiger partial charge in [0.1, 0.15) is 11.2 Å². The molecule has 0 aromatic heterocycles. The first-order valence-electron chi connectivity index (χ1n) is 6.48. The summed E-state index contributed by atoms with van der Waals surface area (Å²) in [5.74, 6) is -1.98. The number of aliphatic carboxylic acids is 1. The van der Waals surface area contributed by atoms with E-state index in [2.05, 4.69) is 4.74 Å². The van der Waals surface area contributed by atoms with Crippen LogP contribution in [0.4, 0.5) is 13.2 Å². The van der Waals surface area contributed by atoms with E-state index in [1.807, 2.05) is 0 Å². The lowest BCUT2D eigenvalue weighted by Gasteiger charge is -2.21. The van der Waals surface area contributed by atoms with Crippen molar-refractivity contribution in [1.29, 1.82) is 0 Å². The van der Waals surface area contributed by atoms with Gasteiger partial charge in [-0.05, 0) is 30.5 Å². The average molecular weight is 317 g/mol. The van der Waals surface area contributed by atoms with E-state index < -0.39 is 23.7 Å². The summed E-state index contributed by atoms with van der Waals surface area (Å²) in [5, 5.41) is 9.06. The van der Waals surface area contributed by atoms with Crippen LogP contribution in [-0.4, -0.2) is 35.3 Å². The molecule has 0 aliphatic heterocycles. The van der Waals surface area contributed by atoms with Crippen LogP contribution >= 0.6 is 0 Å². The molecule has 1 aromatic rings. The van der Waals surface area contributed by atoms with Gasteiger partial charge in [0.15, 0.2) is 0 Å². The highest BCUT2D eigenvalue weighted by Crippen LogP contribution is 2.47. The molecule has 1 aliphatic rings. The molecular weight excluding hydrogens is 303 g/mol. The molecule has 1 saturated carbocycles. The lowest BCUT2D eigenvalue weighted by molar-refractivity contribution is -0.274. The Bertz CT molecular complexity index is 579. The Labute approximate surface area is 124 Å². The van der Waals surface area contributed by atoms with Crippen molar-refractivity contribution < 1.29 is 32.6 Å². The minimum absolute atomic E-state index is 0.111. The normalized spacial score (nSPS) is 16.0. The largest absolute Gasteiger partial charge is 0.573 e. The molecular formula is C14H14F3NO4. The van der Waals surface area contributed by atoms with Crippen LogP contribution in [0.5, 0.6) is 5.75 Å². The second-order valence-electron chi connectivity index (χ2n) is 5.24. The second kappa shape index (κ2) is 5.51. The van der Waals surface area contributed by atoms with Gasteiger partial charge in [-0.15, -0.1) is 13.2 Å². The van der Waals surface area contributed by atoms with Crippen molar-refractivity contribution in [3.05, 3.63) is 29.8 Å². The van der Waals surface area contributed by atoms with Gasteiger partial charge in [-0.2, -0.15) is 0 Å². The first-order valence-corrected chi connectivity index (χ1v) is 6.48. The predicted molar refractivity (Wildman–Crippen MR) is 68.9 cm³/mol. The molecule has 1 N–H and O–H groups in total. The zero-order valence-electron chi connectivity index (χ0n) is 11.7. The molecule has 1 amide bonds. The van der Waals surface area contributed by atoms with E-state index in [1.165, 1.54) is 24.1 Å². The molecule has 1 aromatic carbocycles. The number of carbonyl (C=O) groups is 2. The van der Waals surface area contributed by atoms with Crippen LogP contribution in [0.25, 0.3) is 0 Å². The molecule has 0 saturated heterocycles. The number of carboxylic acids is 1. The molecule has 120 valence electrons. The average Bonchev–Trinajstić information content (AvgIpc) is 3.20. The number of benzene rings is 1. The number of hydrogen-bond donors (Lipinski definition) is 1. The van der Waals surface area contributed by atoms with Gasteiger partial charge in [0.05, 0.1) is 0 Å². The highest BCUT2D eigenvalue weighted by molar-refractivity contribution is 6.04. The summed E-state index contributed by atoms with van der Waals surface area (Å²) in [6.45, 7) is 0.111. The third kappa shape index (κ3) is 3.49. The molecule has 1 aliphatic carbocycles. The van der Waals surface area contributed by atoms with Crippen LogP contribution in [0.2, 0.25) is 0 Å². The van der Waals surface area contributed by atoms with Gasteiger partial charge in [-0.3, -0.25) is 9.59 Å². The van der Waals surface area contributed by atoms with E-state index in [1.54, 1.807) is 0 Å². The lowest BCUT2D eigenvalue weighted by Crippen LogP contribution is -2.38. The van der Waals surface area contributed by atoms with Gasteiger partial charge in [0, 0.05) is 13.6 Å². The maximum Gasteiger partial charge on any atom is 0.573 e. The molecule has 5 nitrogen and oxygen atoms in total. The number of amides is 1. The van der Waals surface area contributed by atoms with Crippen LogP contribution in [0.3, 0.4) is 0 Å². The Balaban J connectivity index is 1.99. The number of nitrogens with zero attached hydrogens (tertiary/aromatic N) is 1. The number of alkyl halides is 3. The fourth-order valence-electron chi connectivity index (χ4n) is 2.15. The summed E-state index contributed by atoms with van der Waals surface area (Å²) in [6.07, 6.45) is -4.14. The number of rotatable bonds is 5. The molecule has 1 fully saturated rings. The maximum atomic E-state index is 12.1. The standard InChI is InChI=1S/C14H14F3NO4/c1-18(11(19)13(6-7-13)12(20)21)8-9-2-4-10(5-3-9)22-14(15,16)17/h2-5H,6-8H2,1H3,(H,20,21). The van der Waals surface area contributed by atoms with Gasteiger partial charge in [-0.1, -0.05) is 12.1 Å². The zero-order chi connectivity index (χ0) is 16.5. The second-order valence-corrected chi connectivity index (χ2v) is 5.24. The van der Waals surface area contributed by atoms with Gasteiger partial charge < -0.3 is 14.7 Å². The first kappa shape index (κ1) is 16.1. The van der Waals surface area contributed by atoms with E-state index in [0.29, 0.717) is 18.4 Å². The molecule has 0 bridgehead atoms. The molecule has 0 radical (unpaired) electrons. The Hall–Kier alpha value is -2.25. The van der Waals surface area contributed by atoms with Gasteiger partial charge in [0.25, 0.3) is 0 Å². The molecule has 0 unspecified atom stereocenters. The maximum absolute atomic E-state index is 12.1. The summed E-state index contributed by atoms with van der Waals surface area (Å²) in [7, 11) is 1.46. The van der Waals surface area contributed by atoms with Crippen LogP contribution in [-0.2, 0) is 16.1 Å². The van der Waals surface area contributed by atoms with E-state index in [4.69, 9.17) is 5.11 Å². The summed E-state index contributed by atoms with van der Waals surface area (Å²) < 4.78 is 39.9. The van der Waals surface area contributed by atoms with Crippen molar-refractivity contribution in [3.63, 3.8) is 0 Å². The third-order valence-electron chi connectivity index (χ3n) is 3.49. The first-order chi connectivity index (χ1) is 10.1. The van der Waals surface area contributed by atoms with E-state index in [0.717, 1.165) is 12.1 Å². The number of hydrogen-bond acceptors (Lipinski definition) is 3. The van der Waals surface area contributed by atoms with Crippen molar-refractivity contribution in [2.75, 3.05) is 7.05 Å². The fourth-order valence-corrected chi connectivity index (χ4v) is 2.15. The Morgan fingerprint density at radius 1 is 1.27 bits per heavy atom. The van der Waals surface area contributed by atoms with E-state index >= 15 is 0 Å². The van der Waals surface area contributed by atoms with Crippen molar-refractivity contribution in [2.45, 2.75) is 25.7 Å². The summed E-state index contributed by atoms with van der Waals surface area (Å²) in [4.78, 5) is 24.5. The molecule has 0 heterocycles. The highest BCUT2D eigenvalue weighted by Gasteiger charge is 2.58. The monoisotopic (exact) mass is 317 g/mol. The van der Waals surface area contributed by atoms with Crippen molar-refractivity contribution in [1.82, 2.24) is 4.90 Å². The number of carbonyl (C=O) groups excluding carboxylic acids is 1. The topological polar surface area (TPSA) is 66.8 Å². The van der Waals surface area contributed by atoms with Crippen LogP contribution in [0, 0.1) is 5.41 Å². The Morgan fingerprint density at radius 2 is 1.82 bits per heavy atom. The minimum Gasteiger partial charge on any atom is -0.480 e. The van der Waals surface area contributed by atoms with Gasteiger partial charge >= 0.3 is 12.3 Å². The van der Waals surface area contributed by atoms with Gasteiger partial charge in [0.2, 0.25) is 5.91 Å². The number of carboxylic acid groups (broad SMARTS) is 1. The van der Waals surface area contributed by atoms with Crippen LogP contribution in [0.1, 0.15) is 18.4 Å². The summed E-state index contributed by atoms with van der Waals surface area (Å²) >= 11 is 0. The van der Waals surface area contributed by atoms with Gasteiger partial charge in [-0.25, -0.2) is 0 Å². The predicted octanol–water partition coefficient (Wildman–Crippen LogP) is 2.41. The Kier molecular flexibility index (Phi) is 4.04. The third-order valence-corrected chi connectivity index (χ3v) is 3.49. The highest BCUT2D eigenvalue weighted by atomic mass is 19.4. The molecule has 8 heteroatoms. The molecule has 0 atom stereocenters. The van der Waals surface area contributed by atoms with Crippen LogP contribution in [0.15, 0.2) is 24.3 Å². The lowest BCUT2D eigenvalue weighted by atomic mass is 10.1. The Morgan fingerprint density at radius 3 is 2.23 bits per heavy atom. The molecule has 22 heavy (non-hydrogen) atoms. The van der Waals surface area contributed by atoms with Crippen molar-refractivity contribution in [2.24, 2.45) is 5.41 Å². The molecule has 2 rings (SSSR count). The van der Waals surface area contributed by atoms with Crippen LogP contribution < -0.4 is 4.74 Å². The van der Waals surface area contributed by atoms with E-state index in [-0.39, 0.29) is 12.3 Å². The zero-order valence-corrected chi connectivity index (χ0v) is 11.7. The number of halogens is 3. The number of ether oxygens (including phenoxy) is 1.